The first-order valence-electron chi connectivity index (χ1n) is 20.8. The molecular weight excluding hydrogens is 937 g/mol. The number of hydrogen-bond acceptors (Lipinski definition) is 18. The van der Waals surface area contributed by atoms with Crippen LogP contribution in [0.15, 0.2) is 133 Å². The van der Waals surface area contributed by atoms with Gasteiger partial charge in [0.05, 0.1) is 62.9 Å². The molecule has 0 unspecified atom stereocenters. The molecule has 0 aliphatic carbocycles. The van der Waals surface area contributed by atoms with E-state index in [2.05, 4.69) is 0 Å². The lowest BCUT2D eigenvalue weighted by molar-refractivity contribution is -0.384. The van der Waals surface area contributed by atoms with E-state index in [-0.39, 0.29) is 72.7 Å². The van der Waals surface area contributed by atoms with Crippen molar-refractivity contribution in [1.29, 1.82) is 0 Å². The molecule has 12 N–H and O–H groups in total. The second kappa shape index (κ2) is 18.2. The van der Waals surface area contributed by atoms with E-state index in [1.165, 1.54) is 12.1 Å². The van der Waals surface area contributed by atoms with Crippen molar-refractivity contribution in [3.05, 3.63) is 194 Å². The molecule has 0 amide bonds. The molecule has 8 rings (SSSR count). The number of hydrogen-bond donors (Lipinski definition) is 6. The fraction of sp³-hybridized carbons (Fsp3) is 0. The highest BCUT2D eigenvalue weighted by molar-refractivity contribution is 6.01. The maximum atomic E-state index is 12.8. The summed E-state index contributed by atoms with van der Waals surface area (Å²) in [5.41, 5.74) is 31.6. The summed E-state index contributed by atoms with van der Waals surface area (Å²) in [7, 11) is 0. The molecule has 0 aliphatic heterocycles. The van der Waals surface area contributed by atoms with E-state index in [1.54, 1.807) is 60.7 Å². The van der Waals surface area contributed by atoms with Crippen LogP contribution in [0.3, 0.4) is 0 Å². The molecule has 0 bridgehead atoms. The van der Waals surface area contributed by atoms with Gasteiger partial charge in [-0.05, 0) is 47.5 Å². The lowest BCUT2D eigenvalue weighted by Gasteiger charge is -2.17. The number of nitro benzene ring substituents is 6. The number of benzene rings is 8. The van der Waals surface area contributed by atoms with Crippen LogP contribution in [-0.2, 0) is 0 Å². The smallest absolute Gasteiger partial charge is 0.279 e. The van der Waals surface area contributed by atoms with Crippen LogP contribution in [0.4, 0.5) is 68.2 Å². The molecule has 358 valence electrons. The molecule has 24 nitrogen and oxygen atoms in total. The van der Waals surface area contributed by atoms with Crippen molar-refractivity contribution in [1.82, 2.24) is 0 Å². The standard InChI is InChI=1S/C48H34N12O12/c49-37-17-44(56(63)64)32(11-25(37)23-7-3-1-4-8-23)28-13-34(46(58(67)68)19-39(28)51)30-15-36(48(60(71)72)21-41(30)53)31-16-35(47(59(69)70)22-42(31)54)29-14-33(45(57(65)66)20-40(29)52)27-12-26(24-9-5-2-6-10-24)43(55(61)62)18-38(27)50/h1-22H,49-54H2. The Kier molecular flexibility index (Phi) is 12.0. The van der Waals surface area contributed by atoms with Crippen LogP contribution < -0.4 is 34.4 Å². The zero-order valence-electron chi connectivity index (χ0n) is 36.7. The minimum atomic E-state index is -0.859. The number of rotatable bonds is 13. The number of nitrogens with zero attached hydrogens (tertiary/aromatic N) is 6. The lowest BCUT2D eigenvalue weighted by Crippen LogP contribution is -2.04. The summed E-state index contributed by atoms with van der Waals surface area (Å²) >= 11 is 0. The Labute approximate surface area is 403 Å². The number of nitro groups is 6. The van der Waals surface area contributed by atoms with Gasteiger partial charge in [0.25, 0.3) is 34.1 Å². The zero-order valence-corrected chi connectivity index (χ0v) is 36.7. The molecule has 0 atom stereocenters. The summed E-state index contributed by atoms with van der Waals surface area (Å²) < 4.78 is 0. The molecule has 8 aromatic carbocycles. The van der Waals surface area contributed by atoms with E-state index in [0.29, 0.717) is 16.7 Å². The van der Waals surface area contributed by atoms with Crippen molar-refractivity contribution < 1.29 is 29.5 Å². The largest absolute Gasteiger partial charge is 0.398 e. The Morgan fingerprint density at radius 3 is 0.653 bits per heavy atom. The van der Waals surface area contributed by atoms with Gasteiger partial charge in [0.15, 0.2) is 0 Å². The fourth-order valence-electron chi connectivity index (χ4n) is 8.49. The highest BCUT2D eigenvalue weighted by Gasteiger charge is 2.32. The van der Waals surface area contributed by atoms with Gasteiger partial charge in [0, 0.05) is 104 Å². The van der Waals surface area contributed by atoms with Gasteiger partial charge in [-0.1, -0.05) is 60.7 Å². The van der Waals surface area contributed by atoms with Crippen LogP contribution in [0, 0.1) is 60.7 Å². The summed E-state index contributed by atoms with van der Waals surface area (Å²) in [5, 5.41) is 75.6. The molecule has 0 aliphatic rings. The van der Waals surface area contributed by atoms with Gasteiger partial charge >= 0.3 is 0 Å². The molecular formula is C48H34N12O12. The monoisotopic (exact) mass is 970 g/mol. The van der Waals surface area contributed by atoms with E-state index in [1.807, 2.05) is 0 Å². The molecule has 24 heteroatoms. The predicted molar refractivity (Wildman–Crippen MR) is 271 cm³/mol. The second-order valence-corrected chi connectivity index (χ2v) is 16.0. The third-order valence-corrected chi connectivity index (χ3v) is 11.8. The van der Waals surface area contributed by atoms with Crippen LogP contribution in [0.1, 0.15) is 0 Å². The molecule has 0 heterocycles. The number of anilines is 6. The Balaban J connectivity index is 1.38. The van der Waals surface area contributed by atoms with Gasteiger partial charge in [-0.2, -0.15) is 0 Å². The highest BCUT2D eigenvalue weighted by Crippen LogP contribution is 2.51. The maximum absolute atomic E-state index is 12.8. The topological polar surface area (TPSA) is 415 Å². The van der Waals surface area contributed by atoms with E-state index >= 15 is 0 Å². The highest BCUT2D eigenvalue weighted by atomic mass is 16.6. The minimum absolute atomic E-state index is 0.0155. The van der Waals surface area contributed by atoms with E-state index < -0.39 is 86.3 Å². The van der Waals surface area contributed by atoms with Crippen molar-refractivity contribution in [2.24, 2.45) is 0 Å². The molecule has 0 radical (unpaired) electrons. The second-order valence-electron chi connectivity index (χ2n) is 16.0. The SMILES string of the molecule is Nc1cc([N+](=O)[O-])c(-c2cc(-c3cc(-c4cc(-c5cc(-c6cc(-c7ccccc7)c([N+](=O)[O-])cc6N)c([N+](=O)[O-])cc5N)c([N+](=O)[O-])cc4N)c([N+](=O)[O-])cc3N)c([N+](=O)[O-])cc2N)cc1-c1ccccc1. The van der Waals surface area contributed by atoms with Crippen molar-refractivity contribution in [3.63, 3.8) is 0 Å². The molecule has 8 aromatic rings. The lowest BCUT2D eigenvalue weighted by atomic mass is 9.88. The molecule has 0 aromatic heterocycles. The van der Waals surface area contributed by atoms with Gasteiger partial charge in [-0.15, -0.1) is 0 Å². The molecule has 0 fully saturated rings. The Bertz CT molecular complexity index is 3690. The van der Waals surface area contributed by atoms with Gasteiger partial charge in [0.2, 0.25) is 0 Å². The van der Waals surface area contributed by atoms with Crippen molar-refractivity contribution in [2.75, 3.05) is 34.4 Å². The zero-order chi connectivity index (χ0) is 52.0. The van der Waals surface area contributed by atoms with Gasteiger partial charge in [-0.25, -0.2) is 0 Å². The van der Waals surface area contributed by atoms with Crippen molar-refractivity contribution in [3.8, 4) is 77.9 Å². The maximum Gasteiger partial charge on any atom is 0.279 e. The van der Waals surface area contributed by atoms with E-state index in [4.69, 9.17) is 34.4 Å². The quantitative estimate of drug-likeness (QED) is 0.0355. The molecule has 0 saturated heterocycles. The van der Waals surface area contributed by atoms with Crippen molar-refractivity contribution >= 4 is 68.2 Å². The average molecular weight is 971 g/mol. The molecule has 72 heavy (non-hydrogen) atoms. The van der Waals surface area contributed by atoms with Crippen LogP contribution in [0.25, 0.3) is 77.9 Å². The summed E-state index contributed by atoms with van der Waals surface area (Å²) in [4.78, 5) is 70.9. The number of nitrogen functional groups attached to an aromatic ring is 6. The first-order valence-corrected chi connectivity index (χ1v) is 20.8. The summed E-state index contributed by atoms with van der Waals surface area (Å²) in [6, 6.07) is 29.2. The van der Waals surface area contributed by atoms with Crippen LogP contribution >= 0.6 is 0 Å². The fourth-order valence-corrected chi connectivity index (χ4v) is 8.49. The van der Waals surface area contributed by atoms with Gasteiger partial charge in [0.1, 0.15) is 0 Å². The third kappa shape index (κ3) is 8.47. The van der Waals surface area contributed by atoms with Gasteiger partial charge in [-0.3, -0.25) is 60.7 Å². The Morgan fingerprint density at radius 2 is 0.417 bits per heavy atom. The molecule has 0 saturated carbocycles. The first kappa shape index (κ1) is 47.5. The van der Waals surface area contributed by atoms with Crippen LogP contribution in [0.2, 0.25) is 0 Å². The number of nitrogens with two attached hydrogens (primary N) is 6. The van der Waals surface area contributed by atoms with Gasteiger partial charge < -0.3 is 34.4 Å². The van der Waals surface area contributed by atoms with Crippen molar-refractivity contribution in [2.45, 2.75) is 0 Å². The van der Waals surface area contributed by atoms with Crippen LogP contribution in [0.5, 0.6) is 0 Å². The summed E-state index contributed by atoms with van der Waals surface area (Å²) in [6.07, 6.45) is 0. The summed E-state index contributed by atoms with van der Waals surface area (Å²) in [5.74, 6) is 0. The normalized spacial score (nSPS) is 10.9. The molecule has 0 spiro atoms. The third-order valence-electron chi connectivity index (χ3n) is 11.8. The Hall–Kier alpha value is -11.0. The predicted octanol–water partition coefficient (Wildman–Crippen LogP) is 10.3. The van der Waals surface area contributed by atoms with E-state index in [0.717, 1.165) is 60.7 Å². The minimum Gasteiger partial charge on any atom is -0.398 e. The average Bonchev–Trinajstić information content (AvgIpc) is 3.34. The van der Waals surface area contributed by atoms with E-state index in [9.17, 15) is 60.7 Å². The van der Waals surface area contributed by atoms with Crippen LogP contribution in [-0.4, -0.2) is 29.5 Å². The Morgan fingerprint density at radius 1 is 0.236 bits per heavy atom. The first-order chi connectivity index (χ1) is 34.2. The summed E-state index contributed by atoms with van der Waals surface area (Å²) in [6.45, 7) is 0.